The zero-order chi connectivity index (χ0) is 12.2. The highest BCUT2D eigenvalue weighted by molar-refractivity contribution is 5.23. The van der Waals surface area contributed by atoms with Gasteiger partial charge in [0, 0.05) is 20.2 Å². The van der Waals surface area contributed by atoms with Crippen LogP contribution in [0.4, 0.5) is 4.39 Å². The van der Waals surface area contributed by atoms with E-state index in [-0.39, 0.29) is 11.4 Å². The summed E-state index contributed by atoms with van der Waals surface area (Å²) < 4.78 is 18.3. The highest BCUT2D eigenvalue weighted by atomic mass is 19.1. The van der Waals surface area contributed by atoms with Gasteiger partial charge in [-0.25, -0.2) is 4.39 Å². The van der Waals surface area contributed by atoms with Crippen LogP contribution in [0.2, 0.25) is 0 Å². The van der Waals surface area contributed by atoms with Gasteiger partial charge in [0.15, 0.2) is 0 Å². The number of hydrogen-bond donors (Lipinski definition) is 1. The van der Waals surface area contributed by atoms with E-state index in [1.807, 2.05) is 19.9 Å². The van der Waals surface area contributed by atoms with Crippen LogP contribution in [0.1, 0.15) is 25.0 Å². The van der Waals surface area contributed by atoms with Gasteiger partial charge in [-0.15, -0.1) is 0 Å². The van der Waals surface area contributed by atoms with E-state index >= 15 is 0 Å². The van der Waals surface area contributed by atoms with Crippen molar-refractivity contribution in [3.8, 4) is 0 Å². The van der Waals surface area contributed by atoms with Gasteiger partial charge < -0.3 is 10.1 Å². The first-order valence-electron chi connectivity index (χ1n) is 5.45. The number of methoxy groups -OCH3 is 1. The molecule has 0 bridgehead atoms. The second-order valence-corrected chi connectivity index (χ2v) is 4.65. The van der Waals surface area contributed by atoms with E-state index in [4.69, 9.17) is 4.74 Å². The van der Waals surface area contributed by atoms with Crippen molar-refractivity contribution in [3.05, 3.63) is 35.1 Å². The van der Waals surface area contributed by atoms with E-state index in [0.717, 1.165) is 18.7 Å². The van der Waals surface area contributed by atoms with Crippen LogP contribution >= 0.6 is 0 Å². The number of nitrogens with one attached hydrogen (secondary N) is 1. The predicted octanol–water partition coefficient (Wildman–Crippen LogP) is 2.65. The molecule has 0 spiro atoms. The van der Waals surface area contributed by atoms with Crippen molar-refractivity contribution in [3.63, 3.8) is 0 Å². The molecular weight excluding hydrogens is 205 g/mol. The fraction of sp³-hybridized carbons (Fsp3) is 0.538. The second kappa shape index (κ2) is 5.41. The van der Waals surface area contributed by atoms with E-state index in [1.54, 1.807) is 20.1 Å². The lowest BCUT2D eigenvalue weighted by atomic mass is 10.1. The van der Waals surface area contributed by atoms with E-state index in [0.29, 0.717) is 5.56 Å². The molecule has 0 heterocycles. The van der Waals surface area contributed by atoms with Gasteiger partial charge in [0.1, 0.15) is 5.82 Å². The first-order chi connectivity index (χ1) is 7.44. The third-order valence-corrected chi connectivity index (χ3v) is 2.65. The number of hydrogen-bond acceptors (Lipinski definition) is 2. The Hall–Kier alpha value is -0.930. The summed E-state index contributed by atoms with van der Waals surface area (Å²) in [7, 11) is 1.70. The Bertz CT molecular complexity index is 350. The molecule has 3 heteroatoms. The van der Waals surface area contributed by atoms with Gasteiger partial charge in [-0.05, 0) is 38.0 Å². The van der Waals surface area contributed by atoms with Gasteiger partial charge in [0.2, 0.25) is 0 Å². The zero-order valence-electron chi connectivity index (χ0n) is 10.4. The minimum atomic E-state index is -0.172. The molecule has 2 nitrogen and oxygen atoms in total. The maximum atomic E-state index is 13.0. The summed E-state index contributed by atoms with van der Waals surface area (Å²) in [6.45, 7) is 7.32. The molecule has 0 unspecified atom stereocenters. The highest BCUT2D eigenvalue weighted by Crippen LogP contribution is 2.10. The molecule has 0 amide bonds. The number of halogens is 1. The number of aryl methyl sites for hydroxylation is 1. The molecule has 1 aromatic carbocycles. The standard InChI is InChI=1S/C13H20FNO/c1-10-7-11(5-6-12(10)14)8-15-9-13(2,3)16-4/h5-7,15H,8-9H2,1-4H3. The molecule has 0 aromatic heterocycles. The second-order valence-electron chi connectivity index (χ2n) is 4.65. The molecule has 16 heavy (non-hydrogen) atoms. The lowest BCUT2D eigenvalue weighted by molar-refractivity contribution is 0.0230. The zero-order valence-corrected chi connectivity index (χ0v) is 10.4. The molecule has 0 saturated carbocycles. The minimum absolute atomic E-state index is 0.152. The quantitative estimate of drug-likeness (QED) is 0.831. The maximum absolute atomic E-state index is 13.0. The summed E-state index contributed by atoms with van der Waals surface area (Å²) in [5, 5.41) is 3.29. The van der Waals surface area contributed by atoms with Crippen LogP contribution in [-0.4, -0.2) is 19.3 Å². The first-order valence-corrected chi connectivity index (χ1v) is 5.45. The Balaban J connectivity index is 2.46. The lowest BCUT2D eigenvalue weighted by Crippen LogP contribution is -2.36. The van der Waals surface area contributed by atoms with Crippen molar-refractivity contribution >= 4 is 0 Å². The van der Waals surface area contributed by atoms with Gasteiger partial charge >= 0.3 is 0 Å². The molecule has 0 atom stereocenters. The lowest BCUT2D eigenvalue weighted by Gasteiger charge is -2.23. The topological polar surface area (TPSA) is 21.3 Å². The van der Waals surface area contributed by atoms with E-state index in [1.165, 1.54) is 6.07 Å². The van der Waals surface area contributed by atoms with Crippen LogP contribution in [0.5, 0.6) is 0 Å². The van der Waals surface area contributed by atoms with Crippen LogP contribution in [0.3, 0.4) is 0 Å². The van der Waals surface area contributed by atoms with Gasteiger partial charge in [-0.1, -0.05) is 12.1 Å². The SMILES string of the molecule is COC(C)(C)CNCc1ccc(F)c(C)c1. The largest absolute Gasteiger partial charge is 0.377 e. The molecule has 0 radical (unpaired) electrons. The van der Waals surface area contributed by atoms with E-state index in [2.05, 4.69) is 5.32 Å². The van der Waals surface area contributed by atoms with Gasteiger partial charge in [0.05, 0.1) is 5.60 Å². The molecule has 1 N–H and O–H groups in total. The van der Waals surface area contributed by atoms with Crippen molar-refractivity contribution in [2.45, 2.75) is 32.9 Å². The molecule has 0 aliphatic carbocycles. The van der Waals surface area contributed by atoms with Crippen LogP contribution in [-0.2, 0) is 11.3 Å². The molecule has 0 saturated heterocycles. The molecule has 0 aliphatic rings. The van der Waals surface area contributed by atoms with Crippen molar-refractivity contribution < 1.29 is 9.13 Å². The Morgan fingerprint density at radius 3 is 2.62 bits per heavy atom. The van der Waals surface area contributed by atoms with Crippen molar-refractivity contribution in [2.75, 3.05) is 13.7 Å². The Kier molecular flexibility index (Phi) is 4.44. The van der Waals surface area contributed by atoms with Crippen LogP contribution in [0.15, 0.2) is 18.2 Å². The van der Waals surface area contributed by atoms with Gasteiger partial charge in [-0.2, -0.15) is 0 Å². The molecule has 0 fully saturated rings. The van der Waals surface area contributed by atoms with Crippen molar-refractivity contribution in [1.29, 1.82) is 0 Å². The molecule has 90 valence electrons. The fourth-order valence-corrected chi connectivity index (χ4v) is 1.40. The summed E-state index contributed by atoms with van der Waals surface area (Å²) in [5.41, 5.74) is 1.60. The number of benzene rings is 1. The molecule has 1 rings (SSSR count). The molecule has 1 aromatic rings. The minimum Gasteiger partial charge on any atom is -0.377 e. The number of ether oxygens (including phenoxy) is 1. The monoisotopic (exact) mass is 225 g/mol. The van der Waals surface area contributed by atoms with Crippen molar-refractivity contribution in [2.24, 2.45) is 0 Å². The normalized spacial score (nSPS) is 11.8. The fourth-order valence-electron chi connectivity index (χ4n) is 1.40. The highest BCUT2D eigenvalue weighted by Gasteiger charge is 2.14. The van der Waals surface area contributed by atoms with Gasteiger partial charge in [-0.3, -0.25) is 0 Å². The van der Waals surface area contributed by atoms with E-state index in [9.17, 15) is 4.39 Å². The summed E-state index contributed by atoms with van der Waals surface area (Å²) in [6.07, 6.45) is 0. The summed E-state index contributed by atoms with van der Waals surface area (Å²) in [6, 6.07) is 5.17. The van der Waals surface area contributed by atoms with Crippen LogP contribution in [0, 0.1) is 12.7 Å². The average molecular weight is 225 g/mol. The molecule has 0 aliphatic heterocycles. The van der Waals surface area contributed by atoms with Crippen LogP contribution < -0.4 is 5.32 Å². The smallest absolute Gasteiger partial charge is 0.126 e. The summed E-state index contributed by atoms with van der Waals surface area (Å²) in [4.78, 5) is 0. The van der Waals surface area contributed by atoms with Crippen LogP contribution in [0.25, 0.3) is 0 Å². The van der Waals surface area contributed by atoms with E-state index < -0.39 is 0 Å². The maximum Gasteiger partial charge on any atom is 0.126 e. The third kappa shape index (κ3) is 3.91. The Morgan fingerprint density at radius 2 is 2.06 bits per heavy atom. The molecular formula is C13H20FNO. The Labute approximate surface area is 96.8 Å². The third-order valence-electron chi connectivity index (χ3n) is 2.65. The Morgan fingerprint density at radius 1 is 1.38 bits per heavy atom. The summed E-state index contributed by atoms with van der Waals surface area (Å²) >= 11 is 0. The first kappa shape index (κ1) is 13.1. The predicted molar refractivity (Wildman–Crippen MR) is 63.9 cm³/mol. The number of rotatable bonds is 5. The average Bonchev–Trinajstić information content (AvgIpc) is 2.23. The van der Waals surface area contributed by atoms with Gasteiger partial charge in [0.25, 0.3) is 0 Å². The van der Waals surface area contributed by atoms with Crippen molar-refractivity contribution in [1.82, 2.24) is 5.32 Å². The summed E-state index contributed by atoms with van der Waals surface area (Å²) in [5.74, 6) is -0.152.